The molecule has 0 fully saturated rings. The first kappa shape index (κ1) is 17.3. The number of fused-ring (bicyclic) bond motifs is 1. The second-order valence-electron chi connectivity index (χ2n) is 6.90. The van der Waals surface area contributed by atoms with E-state index in [-0.39, 0.29) is 0 Å². The number of hydrogen-bond acceptors (Lipinski definition) is 2. The Bertz CT molecular complexity index is 1350. The fourth-order valence-corrected chi connectivity index (χ4v) is 3.52. The lowest BCUT2D eigenvalue weighted by atomic mass is 10.0. The minimum Gasteiger partial charge on any atom is -0.299 e. The molecule has 3 aromatic carbocycles. The standard InChI is InChI=1S/C23H16F2N4/c1-28-13-17(12-27-28)15-5-8-23-22(10-15)26-14-29(23)19-4-2-3-16(9-19)20-7-6-18(24)11-21(20)25/h2-14H,1H3. The molecule has 29 heavy (non-hydrogen) atoms. The third kappa shape index (κ3) is 3.08. The van der Waals surface area contributed by atoms with Gasteiger partial charge in [-0.15, -0.1) is 0 Å². The van der Waals surface area contributed by atoms with Crippen LogP contribution in [0.15, 0.2) is 79.4 Å². The number of aromatic nitrogens is 4. The van der Waals surface area contributed by atoms with Gasteiger partial charge in [-0.05, 0) is 47.5 Å². The van der Waals surface area contributed by atoms with Crippen molar-refractivity contribution < 1.29 is 8.78 Å². The van der Waals surface area contributed by atoms with Gasteiger partial charge in [0, 0.05) is 36.1 Å². The fraction of sp³-hybridized carbons (Fsp3) is 0.0435. The van der Waals surface area contributed by atoms with Gasteiger partial charge in [0.2, 0.25) is 0 Å². The van der Waals surface area contributed by atoms with Crippen molar-refractivity contribution >= 4 is 11.0 Å². The van der Waals surface area contributed by atoms with Crippen molar-refractivity contribution in [2.45, 2.75) is 0 Å². The molecule has 2 heterocycles. The van der Waals surface area contributed by atoms with E-state index in [1.165, 1.54) is 12.1 Å². The van der Waals surface area contributed by atoms with Gasteiger partial charge in [0.15, 0.2) is 0 Å². The van der Waals surface area contributed by atoms with Crippen molar-refractivity contribution in [2.24, 2.45) is 7.05 Å². The van der Waals surface area contributed by atoms with Crippen LogP contribution in [0.4, 0.5) is 8.78 Å². The molecule has 0 saturated carbocycles. The van der Waals surface area contributed by atoms with Crippen LogP contribution in [0, 0.1) is 11.6 Å². The first-order valence-electron chi connectivity index (χ1n) is 9.10. The zero-order valence-electron chi connectivity index (χ0n) is 15.6. The lowest BCUT2D eigenvalue weighted by Gasteiger charge is -2.09. The molecule has 0 saturated heterocycles. The Morgan fingerprint density at radius 2 is 1.76 bits per heavy atom. The van der Waals surface area contributed by atoms with Crippen LogP contribution >= 0.6 is 0 Å². The van der Waals surface area contributed by atoms with Gasteiger partial charge in [0.1, 0.15) is 18.0 Å². The summed E-state index contributed by atoms with van der Waals surface area (Å²) in [5.74, 6) is -1.17. The van der Waals surface area contributed by atoms with Crippen molar-refractivity contribution in [3.63, 3.8) is 0 Å². The summed E-state index contributed by atoms with van der Waals surface area (Å²) in [4.78, 5) is 4.53. The smallest absolute Gasteiger partial charge is 0.133 e. The van der Waals surface area contributed by atoms with Crippen LogP contribution in [0.1, 0.15) is 0 Å². The molecule has 0 aliphatic heterocycles. The van der Waals surface area contributed by atoms with E-state index in [0.29, 0.717) is 11.1 Å². The Kier molecular flexibility index (Phi) is 3.98. The predicted octanol–water partition coefficient (Wildman–Crippen LogP) is 5.37. The molecule has 2 aromatic heterocycles. The van der Waals surface area contributed by atoms with Crippen LogP contribution in [0.25, 0.3) is 39.0 Å². The molecule has 0 spiro atoms. The number of imidazole rings is 1. The van der Waals surface area contributed by atoms with E-state index in [1.807, 2.05) is 60.4 Å². The summed E-state index contributed by atoms with van der Waals surface area (Å²) in [5, 5.41) is 4.21. The summed E-state index contributed by atoms with van der Waals surface area (Å²) in [7, 11) is 1.88. The maximum atomic E-state index is 14.2. The van der Waals surface area contributed by atoms with Crippen molar-refractivity contribution in [1.82, 2.24) is 19.3 Å². The molecule has 0 atom stereocenters. The lowest BCUT2D eigenvalue weighted by Crippen LogP contribution is -1.93. The Hall–Kier alpha value is -3.80. The molecule has 142 valence electrons. The number of rotatable bonds is 3. The van der Waals surface area contributed by atoms with Crippen molar-refractivity contribution in [1.29, 1.82) is 0 Å². The first-order valence-corrected chi connectivity index (χ1v) is 9.10. The highest BCUT2D eigenvalue weighted by Crippen LogP contribution is 2.28. The van der Waals surface area contributed by atoms with Gasteiger partial charge >= 0.3 is 0 Å². The molecule has 5 rings (SSSR count). The maximum Gasteiger partial charge on any atom is 0.133 e. The van der Waals surface area contributed by atoms with Crippen LogP contribution in [0.5, 0.6) is 0 Å². The molecule has 0 aliphatic carbocycles. The number of hydrogen-bond donors (Lipinski definition) is 0. The zero-order valence-corrected chi connectivity index (χ0v) is 15.6. The molecule has 0 radical (unpaired) electrons. The first-order chi connectivity index (χ1) is 14.1. The molecule has 0 N–H and O–H groups in total. The minimum atomic E-state index is -0.590. The second kappa shape index (κ2) is 6.67. The summed E-state index contributed by atoms with van der Waals surface area (Å²) < 4.78 is 31.2. The van der Waals surface area contributed by atoms with E-state index in [0.717, 1.165) is 33.9 Å². The highest BCUT2D eigenvalue weighted by molar-refractivity contribution is 5.83. The number of benzene rings is 3. The normalized spacial score (nSPS) is 11.3. The zero-order chi connectivity index (χ0) is 20.0. The van der Waals surface area contributed by atoms with Gasteiger partial charge in [-0.2, -0.15) is 5.10 Å². The van der Waals surface area contributed by atoms with Gasteiger partial charge in [0.25, 0.3) is 0 Å². The Balaban J connectivity index is 1.57. The second-order valence-corrected chi connectivity index (χ2v) is 6.90. The molecule has 4 nitrogen and oxygen atoms in total. The Labute approximate surface area is 165 Å². The van der Waals surface area contributed by atoms with Crippen LogP contribution in [0.3, 0.4) is 0 Å². The van der Waals surface area contributed by atoms with E-state index >= 15 is 0 Å². The van der Waals surface area contributed by atoms with Gasteiger partial charge < -0.3 is 0 Å². The van der Waals surface area contributed by atoms with Gasteiger partial charge in [0.05, 0.1) is 17.2 Å². The molecule has 6 heteroatoms. The highest BCUT2D eigenvalue weighted by atomic mass is 19.1. The topological polar surface area (TPSA) is 35.6 Å². The van der Waals surface area contributed by atoms with Gasteiger partial charge in [-0.3, -0.25) is 9.25 Å². The minimum absolute atomic E-state index is 0.358. The molecular formula is C23H16F2N4. The van der Waals surface area contributed by atoms with Crippen molar-refractivity contribution in [3.8, 4) is 27.9 Å². The van der Waals surface area contributed by atoms with Crippen LogP contribution in [-0.4, -0.2) is 19.3 Å². The molecular weight excluding hydrogens is 370 g/mol. The average molecular weight is 386 g/mol. The third-order valence-electron chi connectivity index (χ3n) is 4.95. The van der Waals surface area contributed by atoms with Gasteiger partial charge in [-0.25, -0.2) is 13.8 Å². The summed E-state index contributed by atoms with van der Waals surface area (Å²) in [6, 6.07) is 17.1. The number of halogens is 2. The van der Waals surface area contributed by atoms with Gasteiger partial charge in [-0.1, -0.05) is 18.2 Å². The predicted molar refractivity (Wildman–Crippen MR) is 109 cm³/mol. The fourth-order valence-electron chi connectivity index (χ4n) is 3.52. The summed E-state index contributed by atoms with van der Waals surface area (Å²) in [6.07, 6.45) is 5.52. The maximum absolute atomic E-state index is 14.2. The van der Waals surface area contributed by atoms with Crippen LogP contribution in [-0.2, 0) is 7.05 Å². The molecule has 0 amide bonds. The largest absolute Gasteiger partial charge is 0.299 e. The molecule has 0 aliphatic rings. The summed E-state index contributed by atoms with van der Waals surface area (Å²) >= 11 is 0. The molecule has 0 bridgehead atoms. The monoisotopic (exact) mass is 386 g/mol. The lowest BCUT2D eigenvalue weighted by molar-refractivity contribution is 0.585. The Morgan fingerprint density at radius 1 is 0.862 bits per heavy atom. The van der Waals surface area contributed by atoms with E-state index < -0.39 is 11.6 Å². The summed E-state index contributed by atoms with van der Waals surface area (Å²) in [6.45, 7) is 0. The average Bonchev–Trinajstić information content (AvgIpc) is 3.34. The van der Waals surface area contributed by atoms with Crippen LogP contribution in [0.2, 0.25) is 0 Å². The van der Waals surface area contributed by atoms with E-state index in [4.69, 9.17) is 0 Å². The highest BCUT2D eigenvalue weighted by Gasteiger charge is 2.11. The van der Waals surface area contributed by atoms with Crippen molar-refractivity contribution in [3.05, 3.63) is 91.0 Å². The SMILES string of the molecule is Cn1cc(-c2ccc3c(c2)ncn3-c2cccc(-c3ccc(F)cc3F)c2)cn1. The third-order valence-corrected chi connectivity index (χ3v) is 4.95. The van der Waals surface area contributed by atoms with Crippen LogP contribution < -0.4 is 0 Å². The quantitative estimate of drug-likeness (QED) is 0.418. The molecule has 5 aromatic rings. The van der Waals surface area contributed by atoms with E-state index in [9.17, 15) is 8.78 Å². The molecule has 0 unspecified atom stereocenters. The number of nitrogens with zero attached hydrogens (tertiary/aromatic N) is 4. The Morgan fingerprint density at radius 3 is 2.55 bits per heavy atom. The van der Waals surface area contributed by atoms with E-state index in [2.05, 4.69) is 10.1 Å². The number of aryl methyl sites for hydroxylation is 1. The van der Waals surface area contributed by atoms with Crippen molar-refractivity contribution in [2.75, 3.05) is 0 Å². The summed E-state index contributed by atoms with van der Waals surface area (Å²) in [5.41, 5.74) is 5.74. The van der Waals surface area contributed by atoms with E-state index in [1.54, 1.807) is 17.1 Å².